The maximum absolute atomic E-state index is 12.1. The molecule has 2 rings (SSSR count). The average molecular weight is 349 g/mol. The number of carbonyl (C=O) groups excluding carboxylic acids is 1. The van der Waals surface area contributed by atoms with Gasteiger partial charge in [0.15, 0.2) is 0 Å². The fourth-order valence-electron chi connectivity index (χ4n) is 3.15. The summed E-state index contributed by atoms with van der Waals surface area (Å²) in [4.78, 5) is 24.8. The second-order valence-electron chi connectivity index (χ2n) is 6.47. The number of nitrogens with one attached hydrogen (secondary N) is 2. The van der Waals surface area contributed by atoms with Gasteiger partial charge in [-0.15, -0.1) is 0 Å². The highest BCUT2D eigenvalue weighted by Gasteiger charge is 2.34. The van der Waals surface area contributed by atoms with Crippen LogP contribution in [0.2, 0.25) is 0 Å². The number of hydrogen-bond acceptors (Lipinski definition) is 4. The molecule has 4 N–H and O–H groups in total. The number of carbonyl (C=O) groups is 2. The number of likely N-dealkylation sites (N-methyl/N-ethyl adjacent to an activating group) is 1. The summed E-state index contributed by atoms with van der Waals surface area (Å²) in [5.41, 5.74) is 1.05. The standard InChI is InChI=1S/C18H27N3O4/c1-2-21(11-17(23)24)16-9-14(10-16)19-18(25)20-15(12-22)8-13-6-4-3-5-7-13/h3-7,14-16,22H,2,8-12H2,1H3,(H,23,24)(H2,19,20,25). The molecule has 1 aromatic rings. The zero-order chi connectivity index (χ0) is 18.2. The van der Waals surface area contributed by atoms with Crippen LogP contribution < -0.4 is 10.6 Å². The summed E-state index contributed by atoms with van der Waals surface area (Å²) < 4.78 is 0. The van der Waals surface area contributed by atoms with Crippen LogP contribution in [0.4, 0.5) is 4.79 Å². The number of aliphatic hydroxyl groups excluding tert-OH is 1. The highest BCUT2D eigenvalue weighted by Crippen LogP contribution is 2.25. The van der Waals surface area contributed by atoms with E-state index in [2.05, 4.69) is 10.6 Å². The second-order valence-corrected chi connectivity index (χ2v) is 6.47. The molecule has 1 saturated carbocycles. The van der Waals surface area contributed by atoms with Crippen LogP contribution in [-0.2, 0) is 11.2 Å². The number of carboxylic acid groups (broad SMARTS) is 1. The van der Waals surface area contributed by atoms with Gasteiger partial charge in [-0.05, 0) is 31.4 Å². The number of aliphatic carboxylic acids is 1. The van der Waals surface area contributed by atoms with E-state index in [1.54, 1.807) is 0 Å². The molecule has 0 saturated heterocycles. The van der Waals surface area contributed by atoms with Crippen molar-refractivity contribution in [2.24, 2.45) is 0 Å². The van der Waals surface area contributed by atoms with Crippen LogP contribution in [0.15, 0.2) is 30.3 Å². The van der Waals surface area contributed by atoms with E-state index in [1.807, 2.05) is 42.2 Å². The molecule has 25 heavy (non-hydrogen) atoms. The van der Waals surface area contributed by atoms with Gasteiger partial charge in [-0.3, -0.25) is 9.69 Å². The van der Waals surface area contributed by atoms with Gasteiger partial charge in [0.25, 0.3) is 0 Å². The van der Waals surface area contributed by atoms with E-state index in [0.29, 0.717) is 13.0 Å². The van der Waals surface area contributed by atoms with Gasteiger partial charge in [-0.25, -0.2) is 4.79 Å². The van der Waals surface area contributed by atoms with Crippen molar-refractivity contribution in [2.45, 2.75) is 44.3 Å². The van der Waals surface area contributed by atoms with E-state index in [4.69, 9.17) is 5.11 Å². The molecule has 0 heterocycles. The summed E-state index contributed by atoms with van der Waals surface area (Å²) in [6.07, 6.45) is 2.06. The predicted octanol–water partition coefficient (Wildman–Crippen LogP) is 0.827. The number of nitrogens with zero attached hydrogens (tertiary/aromatic N) is 1. The van der Waals surface area contributed by atoms with Gasteiger partial charge < -0.3 is 20.8 Å². The molecule has 138 valence electrons. The second kappa shape index (κ2) is 9.39. The average Bonchev–Trinajstić information content (AvgIpc) is 2.56. The van der Waals surface area contributed by atoms with Crippen molar-refractivity contribution < 1.29 is 19.8 Å². The van der Waals surface area contributed by atoms with Crippen LogP contribution in [0.25, 0.3) is 0 Å². The molecule has 1 aliphatic rings. The Morgan fingerprint density at radius 1 is 1.28 bits per heavy atom. The van der Waals surface area contributed by atoms with Crippen LogP contribution in [-0.4, -0.2) is 64.9 Å². The number of aliphatic hydroxyl groups is 1. The van der Waals surface area contributed by atoms with Crippen molar-refractivity contribution in [3.05, 3.63) is 35.9 Å². The first-order valence-electron chi connectivity index (χ1n) is 8.69. The summed E-state index contributed by atoms with van der Waals surface area (Å²) in [5.74, 6) is -0.831. The lowest BCUT2D eigenvalue weighted by molar-refractivity contribution is -0.139. The molecule has 7 nitrogen and oxygen atoms in total. The van der Waals surface area contributed by atoms with Gasteiger partial charge >= 0.3 is 12.0 Å². The highest BCUT2D eigenvalue weighted by atomic mass is 16.4. The first kappa shape index (κ1) is 19.2. The van der Waals surface area contributed by atoms with E-state index >= 15 is 0 Å². The molecule has 1 aromatic carbocycles. The Kier molecular flexibility index (Phi) is 7.21. The summed E-state index contributed by atoms with van der Waals surface area (Å²) in [6, 6.07) is 9.31. The minimum Gasteiger partial charge on any atom is -0.480 e. The molecule has 2 amide bonds. The summed E-state index contributed by atoms with van der Waals surface area (Å²) in [6.45, 7) is 2.52. The van der Waals surface area contributed by atoms with E-state index in [0.717, 1.165) is 18.4 Å². The molecule has 0 bridgehead atoms. The molecular weight excluding hydrogens is 322 g/mol. The number of rotatable bonds is 9. The third-order valence-corrected chi connectivity index (χ3v) is 4.59. The van der Waals surface area contributed by atoms with Crippen LogP contribution >= 0.6 is 0 Å². The maximum Gasteiger partial charge on any atom is 0.317 e. The molecule has 0 spiro atoms. The van der Waals surface area contributed by atoms with Crippen molar-refractivity contribution in [3.63, 3.8) is 0 Å². The van der Waals surface area contributed by atoms with E-state index < -0.39 is 5.97 Å². The molecule has 0 aromatic heterocycles. The first-order valence-corrected chi connectivity index (χ1v) is 8.69. The molecule has 7 heteroatoms. The largest absolute Gasteiger partial charge is 0.480 e. The van der Waals surface area contributed by atoms with Crippen LogP contribution in [0.3, 0.4) is 0 Å². The molecule has 1 fully saturated rings. The van der Waals surface area contributed by atoms with Crippen molar-refractivity contribution in [1.82, 2.24) is 15.5 Å². The highest BCUT2D eigenvalue weighted by molar-refractivity contribution is 5.74. The Morgan fingerprint density at radius 2 is 1.96 bits per heavy atom. The lowest BCUT2D eigenvalue weighted by Gasteiger charge is -2.42. The zero-order valence-corrected chi connectivity index (χ0v) is 14.5. The van der Waals surface area contributed by atoms with Crippen molar-refractivity contribution in [2.75, 3.05) is 19.7 Å². The van der Waals surface area contributed by atoms with E-state index in [9.17, 15) is 14.7 Å². The van der Waals surface area contributed by atoms with Gasteiger partial charge in [-0.1, -0.05) is 37.3 Å². The molecule has 1 unspecified atom stereocenters. The van der Waals surface area contributed by atoms with Crippen molar-refractivity contribution >= 4 is 12.0 Å². The molecule has 1 aliphatic carbocycles. The fourth-order valence-corrected chi connectivity index (χ4v) is 3.15. The number of benzene rings is 1. The zero-order valence-electron chi connectivity index (χ0n) is 14.5. The maximum atomic E-state index is 12.1. The van der Waals surface area contributed by atoms with Crippen LogP contribution in [0, 0.1) is 0 Å². The Bertz CT molecular complexity index is 561. The fraction of sp³-hybridized carbons (Fsp3) is 0.556. The van der Waals surface area contributed by atoms with Crippen molar-refractivity contribution in [3.8, 4) is 0 Å². The number of hydrogen-bond donors (Lipinski definition) is 4. The minimum absolute atomic E-state index is 0.0315. The van der Waals surface area contributed by atoms with Crippen LogP contribution in [0.5, 0.6) is 0 Å². The van der Waals surface area contributed by atoms with Gasteiger partial charge in [-0.2, -0.15) is 0 Å². The molecule has 0 radical (unpaired) electrons. The lowest BCUT2D eigenvalue weighted by atomic mass is 9.85. The Balaban J connectivity index is 1.72. The topological polar surface area (TPSA) is 102 Å². The quantitative estimate of drug-likeness (QED) is 0.529. The smallest absolute Gasteiger partial charge is 0.317 e. The van der Waals surface area contributed by atoms with Gasteiger partial charge in [0, 0.05) is 12.1 Å². The van der Waals surface area contributed by atoms with Gasteiger partial charge in [0.1, 0.15) is 0 Å². The monoisotopic (exact) mass is 349 g/mol. The number of urea groups is 1. The summed E-state index contributed by atoms with van der Waals surface area (Å²) in [5, 5.41) is 24.1. The molecular formula is C18H27N3O4. The predicted molar refractivity (Wildman–Crippen MR) is 94.4 cm³/mol. The number of carboxylic acids is 1. The summed E-state index contributed by atoms with van der Waals surface area (Å²) >= 11 is 0. The molecule has 0 aliphatic heterocycles. The van der Waals surface area contributed by atoms with Gasteiger partial charge in [0.05, 0.1) is 19.2 Å². The Hall–Kier alpha value is -2.12. The molecule has 1 atom stereocenters. The normalized spacial score (nSPS) is 20.6. The lowest BCUT2D eigenvalue weighted by Crippen LogP contribution is -2.57. The first-order chi connectivity index (χ1) is 12.0. The Morgan fingerprint density at radius 3 is 2.52 bits per heavy atom. The summed E-state index contributed by atoms with van der Waals surface area (Å²) in [7, 11) is 0. The van der Waals surface area contributed by atoms with Crippen LogP contribution in [0.1, 0.15) is 25.3 Å². The minimum atomic E-state index is -0.831. The third kappa shape index (κ3) is 6.03. The van der Waals surface area contributed by atoms with Gasteiger partial charge in [0.2, 0.25) is 0 Å². The SMILES string of the molecule is CCN(CC(=O)O)C1CC(NC(=O)NC(CO)Cc2ccccc2)C1. The van der Waals surface area contributed by atoms with Crippen molar-refractivity contribution in [1.29, 1.82) is 0 Å². The van der Waals surface area contributed by atoms with E-state index in [-0.39, 0.29) is 37.3 Å². The van der Waals surface area contributed by atoms with E-state index in [1.165, 1.54) is 0 Å². The number of amides is 2. The third-order valence-electron chi connectivity index (χ3n) is 4.59. The Labute approximate surface area is 148 Å².